The number of rotatable bonds is 7. The third-order valence-corrected chi connectivity index (χ3v) is 7.04. The molecule has 5 rings (SSSR count). The van der Waals surface area contributed by atoms with Crippen LogP contribution in [0.4, 0.5) is 16.3 Å². The lowest BCUT2D eigenvalue weighted by Crippen LogP contribution is -2.37. The van der Waals surface area contributed by atoms with Crippen LogP contribution in [0.2, 0.25) is 5.15 Å². The number of aromatic nitrogens is 2. The molecule has 2 aliphatic heterocycles. The number of hydrogen-bond donors (Lipinski definition) is 1. The number of carbonyl (C=O) groups excluding carboxylic acids is 1. The number of morpholine rings is 1. The molecule has 0 bridgehead atoms. The summed E-state index contributed by atoms with van der Waals surface area (Å²) in [5.41, 5.74) is 2.37. The van der Waals surface area contributed by atoms with E-state index in [1.165, 1.54) is 22.9 Å². The van der Waals surface area contributed by atoms with E-state index < -0.39 is 0 Å². The standard InChI is InChI=1S/C26H26ClN5O4S/c1-37-22-23(27)29-24(30-25(22)31-11-13-34-14-12-31)19-7-9-20(10-8-19)28-26(33)32(21-16-35-17-36-21)15-18-5-3-2-4-6-18/h2-10,16H,11-15,17H2,1H3,(H,28,33). The first-order chi connectivity index (χ1) is 18.1. The summed E-state index contributed by atoms with van der Waals surface area (Å²) in [6.07, 6.45) is 3.41. The summed E-state index contributed by atoms with van der Waals surface area (Å²) < 4.78 is 16.1. The van der Waals surface area contributed by atoms with Crippen LogP contribution in [0.3, 0.4) is 0 Å². The average Bonchev–Trinajstić information content (AvgIpc) is 3.47. The number of amides is 2. The van der Waals surface area contributed by atoms with Gasteiger partial charge in [-0.3, -0.25) is 4.90 Å². The van der Waals surface area contributed by atoms with Crippen molar-refractivity contribution in [3.63, 3.8) is 0 Å². The number of benzene rings is 2. The smallest absolute Gasteiger partial charge is 0.329 e. The first-order valence-corrected chi connectivity index (χ1v) is 13.3. The summed E-state index contributed by atoms with van der Waals surface area (Å²) in [6.45, 7) is 3.19. The van der Waals surface area contributed by atoms with E-state index in [0.717, 1.165) is 34.9 Å². The number of halogens is 1. The van der Waals surface area contributed by atoms with E-state index in [2.05, 4.69) is 15.2 Å². The molecule has 1 fully saturated rings. The normalized spacial score (nSPS) is 15.0. The molecule has 0 spiro atoms. The molecule has 0 radical (unpaired) electrons. The van der Waals surface area contributed by atoms with Crippen molar-refractivity contribution in [3.8, 4) is 11.4 Å². The Labute approximate surface area is 224 Å². The highest BCUT2D eigenvalue weighted by Crippen LogP contribution is 2.35. The quantitative estimate of drug-likeness (QED) is 0.324. The Morgan fingerprint density at radius 1 is 1.11 bits per heavy atom. The molecule has 3 aromatic rings. The first kappa shape index (κ1) is 25.2. The predicted octanol–water partition coefficient (Wildman–Crippen LogP) is 5.19. The number of hydrogen-bond acceptors (Lipinski definition) is 8. The summed E-state index contributed by atoms with van der Waals surface area (Å²) in [6, 6.07) is 16.7. The molecule has 2 aliphatic rings. The van der Waals surface area contributed by atoms with Crippen LogP contribution in [0.25, 0.3) is 11.4 Å². The van der Waals surface area contributed by atoms with Crippen molar-refractivity contribution in [2.75, 3.05) is 49.6 Å². The minimum Gasteiger partial charge on any atom is -0.459 e. The second kappa shape index (κ2) is 11.7. The van der Waals surface area contributed by atoms with Crippen molar-refractivity contribution in [3.05, 3.63) is 77.5 Å². The van der Waals surface area contributed by atoms with Crippen molar-refractivity contribution in [1.29, 1.82) is 0 Å². The van der Waals surface area contributed by atoms with E-state index in [1.807, 2.05) is 60.9 Å². The fourth-order valence-corrected chi connectivity index (χ4v) is 4.96. The largest absolute Gasteiger partial charge is 0.459 e. The highest BCUT2D eigenvalue weighted by molar-refractivity contribution is 7.98. The molecule has 1 N–H and O–H groups in total. The zero-order valence-corrected chi connectivity index (χ0v) is 21.8. The molecule has 11 heteroatoms. The van der Waals surface area contributed by atoms with Crippen LogP contribution in [0.5, 0.6) is 0 Å². The van der Waals surface area contributed by atoms with Gasteiger partial charge in [0.05, 0.1) is 24.7 Å². The highest BCUT2D eigenvalue weighted by atomic mass is 35.5. The van der Waals surface area contributed by atoms with Gasteiger partial charge in [-0.05, 0) is 36.1 Å². The zero-order valence-electron chi connectivity index (χ0n) is 20.2. The van der Waals surface area contributed by atoms with E-state index >= 15 is 0 Å². The lowest BCUT2D eigenvalue weighted by molar-refractivity contribution is 0.0554. The molecule has 0 atom stereocenters. The summed E-state index contributed by atoms with van der Waals surface area (Å²) in [5, 5.41) is 3.35. The second-order valence-corrected chi connectivity index (χ2v) is 9.43. The summed E-state index contributed by atoms with van der Waals surface area (Å²) in [7, 11) is 0. The van der Waals surface area contributed by atoms with Gasteiger partial charge in [0.15, 0.2) is 5.82 Å². The fourth-order valence-electron chi connectivity index (χ4n) is 3.99. The Morgan fingerprint density at radius 3 is 2.54 bits per heavy atom. The van der Waals surface area contributed by atoms with E-state index in [1.54, 1.807) is 0 Å². The van der Waals surface area contributed by atoms with Crippen LogP contribution >= 0.6 is 23.4 Å². The molecular formula is C26H26ClN5O4S. The van der Waals surface area contributed by atoms with Gasteiger partial charge in [-0.25, -0.2) is 14.8 Å². The second-order valence-electron chi connectivity index (χ2n) is 8.26. The van der Waals surface area contributed by atoms with Gasteiger partial charge < -0.3 is 24.4 Å². The van der Waals surface area contributed by atoms with E-state index in [4.69, 9.17) is 30.8 Å². The Bertz CT molecular complexity index is 1270. The maximum atomic E-state index is 13.2. The maximum Gasteiger partial charge on any atom is 0.329 e. The molecule has 1 aromatic heterocycles. The van der Waals surface area contributed by atoms with Gasteiger partial charge in [0, 0.05) is 24.3 Å². The van der Waals surface area contributed by atoms with Crippen LogP contribution in [0, 0.1) is 0 Å². The van der Waals surface area contributed by atoms with Crippen LogP contribution in [-0.2, 0) is 20.8 Å². The molecule has 0 aliphatic carbocycles. The number of nitrogens with zero attached hydrogens (tertiary/aromatic N) is 4. The summed E-state index contributed by atoms with van der Waals surface area (Å²) >= 11 is 8.07. The molecule has 37 heavy (non-hydrogen) atoms. The van der Waals surface area contributed by atoms with Gasteiger partial charge >= 0.3 is 6.03 Å². The van der Waals surface area contributed by atoms with Crippen LogP contribution in [0.1, 0.15) is 5.56 Å². The Balaban J connectivity index is 1.34. The van der Waals surface area contributed by atoms with Gasteiger partial charge in [-0.15, -0.1) is 11.8 Å². The third kappa shape index (κ3) is 5.93. The summed E-state index contributed by atoms with van der Waals surface area (Å²) in [5.74, 6) is 1.69. The minimum atomic E-state index is -0.341. The lowest BCUT2D eigenvalue weighted by atomic mass is 10.2. The maximum absolute atomic E-state index is 13.2. The fraction of sp³-hybridized carbons (Fsp3) is 0.269. The summed E-state index contributed by atoms with van der Waals surface area (Å²) in [4.78, 5) is 27.1. The number of nitrogens with one attached hydrogen (secondary N) is 1. The molecule has 3 heterocycles. The lowest BCUT2D eigenvalue weighted by Gasteiger charge is -2.29. The van der Waals surface area contributed by atoms with Crippen molar-refractivity contribution in [2.24, 2.45) is 0 Å². The van der Waals surface area contributed by atoms with Gasteiger partial charge in [0.25, 0.3) is 0 Å². The van der Waals surface area contributed by atoms with Crippen LogP contribution in [0.15, 0.2) is 71.6 Å². The van der Waals surface area contributed by atoms with Crippen molar-refractivity contribution in [1.82, 2.24) is 14.9 Å². The highest BCUT2D eigenvalue weighted by Gasteiger charge is 2.24. The molecule has 192 valence electrons. The van der Waals surface area contributed by atoms with E-state index in [9.17, 15) is 4.79 Å². The third-order valence-electron chi connectivity index (χ3n) is 5.87. The molecule has 2 amide bonds. The monoisotopic (exact) mass is 539 g/mol. The molecule has 2 aromatic carbocycles. The number of thioether (sulfide) groups is 1. The number of anilines is 2. The molecule has 0 saturated carbocycles. The Morgan fingerprint density at radius 2 is 1.86 bits per heavy atom. The van der Waals surface area contributed by atoms with Crippen molar-refractivity contribution in [2.45, 2.75) is 11.4 Å². The number of carbonyl (C=O) groups is 1. The van der Waals surface area contributed by atoms with Crippen LogP contribution in [-0.4, -0.2) is 60.3 Å². The molecular weight excluding hydrogens is 514 g/mol. The number of urea groups is 1. The predicted molar refractivity (Wildman–Crippen MR) is 143 cm³/mol. The SMILES string of the molecule is CSc1c(Cl)nc(-c2ccc(NC(=O)N(Cc3ccccc3)C3=COCO3)cc2)nc1N1CCOCC1. The van der Waals surface area contributed by atoms with Gasteiger partial charge in [0.1, 0.15) is 17.2 Å². The molecule has 0 unspecified atom stereocenters. The van der Waals surface area contributed by atoms with Crippen molar-refractivity contribution < 1.29 is 19.0 Å². The van der Waals surface area contributed by atoms with Gasteiger partial charge in [-0.2, -0.15) is 0 Å². The topological polar surface area (TPSA) is 89.1 Å². The van der Waals surface area contributed by atoms with E-state index in [0.29, 0.717) is 42.3 Å². The van der Waals surface area contributed by atoms with Crippen LogP contribution < -0.4 is 10.2 Å². The molecule has 1 saturated heterocycles. The first-order valence-electron chi connectivity index (χ1n) is 11.7. The average molecular weight is 540 g/mol. The Kier molecular flexibility index (Phi) is 7.98. The minimum absolute atomic E-state index is 0.0763. The molecule has 9 nitrogen and oxygen atoms in total. The van der Waals surface area contributed by atoms with Gasteiger partial charge in [-0.1, -0.05) is 41.9 Å². The number of ether oxygens (including phenoxy) is 3. The van der Waals surface area contributed by atoms with Crippen molar-refractivity contribution >= 4 is 40.9 Å². The van der Waals surface area contributed by atoms with Gasteiger partial charge in [0.2, 0.25) is 12.7 Å². The Hall–Kier alpha value is -3.47. The zero-order chi connectivity index (χ0) is 25.6. The van der Waals surface area contributed by atoms with E-state index in [-0.39, 0.29) is 12.8 Å².